The van der Waals surface area contributed by atoms with Crippen LogP contribution in [0.2, 0.25) is 0 Å². The molecule has 0 aromatic rings. The zero-order valence-corrected chi connectivity index (χ0v) is 8.62. The van der Waals surface area contributed by atoms with Crippen LogP contribution in [0.4, 0.5) is 0 Å². The van der Waals surface area contributed by atoms with E-state index in [0.29, 0.717) is 18.2 Å². The predicted octanol–water partition coefficient (Wildman–Crippen LogP) is 0.457. The first kappa shape index (κ1) is 9.44. The van der Waals surface area contributed by atoms with Crippen LogP contribution in [0.1, 0.15) is 20.3 Å². The topological polar surface area (TPSA) is 24.5 Å². The fourth-order valence-corrected chi connectivity index (χ4v) is 2.27. The van der Waals surface area contributed by atoms with Crippen molar-refractivity contribution in [3.63, 3.8) is 0 Å². The zero-order chi connectivity index (χ0) is 9.26. The maximum atomic E-state index is 5.76. The second-order valence-electron chi connectivity index (χ2n) is 4.35. The van der Waals surface area contributed by atoms with E-state index in [1.54, 1.807) is 0 Å². The Bertz CT molecular complexity index is 172. The van der Waals surface area contributed by atoms with Gasteiger partial charge in [-0.3, -0.25) is 4.90 Å². The molecule has 1 N–H and O–H groups in total. The summed E-state index contributed by atoms with van der Waals surface area (Å²) in [6.45, 7) is 8.76. The lowest BCUT2D eigenvalue weighted by Crippen LogP contribution is -2.58. The van der Waals surface area contributed by atoms with Gasteiger partial charge in [-0.25, -0.2) is 0 Å². The third-order valence-electron chi connectivity index (χ3n) is 3.16. The number of nitrogens with zero attached hydrogens (tertiary/aromatic N) is 1. The molecule has 0 saturated carbocycles. The Labute approximate surface area is 80.4 Å². The number of nitrogens with one attached hydrogen (secondary N) is 1. The number of likely N-dealkylation sites (tertiary alicyclic amines) is 1. The summed E-state index contributed by atoms with van der Waals surface area (Å²) in [5.41, 5.74) is 0. The lowest BCUT2D eigenvalue weighted by atomic mass is 9.99. The minimum absolute atomic E-state index is 0.435. The Balaban J connectivity index is 1.91. The highest BCUT2D eigenvalue weighted by atomic mass is 16.5. The molecule has 3 nitrogen and oxygen atoms in total. The molecule has 13 heavy (non-hydrogen) atoms. The van der Waals surface area contributed by atoms with E-state index in [4.69, 9.17) is 4.74 Å². The van der Waals surface area contributed by atoms with Crippen LogP contribution in [-0.2, 0) is 4.74 Å². The van der Waals surface area contributed by atoms with E-state index in [2.05, 4.69) is 24.1 Å². The molecule has 0 radical (unpaired) electrons. The highest BCUT2D eigenvalue weighted by Crippen LogP contribution is 2.18. The van der Waals surface area contributed by atoms with E-state index < -0.39 is 0 Å². The minimum atomic E-state index is 0.435. The molecule has 2 atom stereocenters. The molecule has 0 amide bonds. The standard InChI is InChI=1S/C10H20N2O/c1-8(2)12-5-3-9-10(7-12)13-6-4-11-9/h8-11H,3-7H2,1-2H3/t9-,10?/m1/s1. The van der Waals surface area contributed by atoms with Gasteiger partial charge in [-0.15, -0.1) is 0 Å². The predicted molar refractivity (Wildman–Crippen MR) is 52.9 cm³/mol. The molecule has 2 aliphatic rings. The summed E-state index contributed by atoms with van der Waals surface area (Å²) in [7, 11) is 0. The van der Waals surface area contributed by atoms with Gasteiger partial charge < -0.3 is 10.1 Å². The van der Waals surface area contributed by atoms with Crippen molar-refractivity contribution in [1.82, 2.24) is 10.2 Å². The molecule has 0 aromatic heterocycles. The molecule has 76 valence electrons. The fourth-order valence-electron chi connectivity index (χ4n) is 2.27. The Morgan fingerprint density at radius 3 is 3.08 bits per heavy atom. The number of hydrogen-bond donors (Lipinski definition) is 1. The van der Waals surface area contributed by atoms with Crippen molar-refractivity contribution in [1.29, 1.82) is 0 Å². The van der Waals surface area contributed by atoms with Crippen molar-refractivity contribution in [2.45, 2.75) is 38.5 Å². The molecule has 2 rings (SSSR count). The third kappa shape index (κ3) is 2.03. The van der Waals surface area contributed by atoms with Crippen LogP contribution >= 0.6 is 0 Å². The maximum Gasteiger partial charge on any atom is 0.0855 e. The Morgan fingerprint density at radius 1 is 1.46 bits per heavy atom. The van der Waals surface area contributed by atoms with Gasteiger partial charge in [-0.1, -0.05) is 0 Å². The van der Waals surface area contributed by atoms with Crippen molar-refractivity contribution in [3.05, 3.63) is 0 Å². The first-order valence-corrected chi connectivity index (χ1v) is 5.36. The maximum absolute atomic E-state index is 5.76. The number of piperidine rings is 1. The second-order valence-corrected chi connectivity index (χ2v) is 4.35. The first-order chi connectivity index (χ1) is 6.27. The van der Waals surface area contributed by atoms with Gasteiger partial charge >= 0.3 is 0 Å². The van der Waals surface area contributed by atoms with Gasteiger partial charge in [0.2, 0.25) is 0 Å². The van der Waals surface area contributed by atoms with Gasteiger partial charge in [0.1, 0.15) is 0 Å². The van der Waals surface area contributed by atoms with Gasteiger partial charge in [0.05, 0.1) is 12.7 Å². The first-order valence-electron chi connectivity index (χ1n) is 5.36. The summed E-state index contributed by atoms with van der Waals surface area (Å²) >= 11 is 0. The monoisotopic (exact) mass is 184 g/mol. The van der Waals surface area contributed by atoms with Crippen LogP contribution in [0.3, 0.4) is 0 Å². The molecule has 3 heteroatoms. The van der Waals surface area contributed by atoms with Crippen LogP contribution in [-0.4, -0.2) is 49.3 Å². The molecule has 0 bridgehead atoms. The molecule has 1 unspecified atom stereocenters. The fraction of sp³-hybridized carbons (Fsp3) is 1.00. The number of fused-ring (bicyclic) bond motifs is 1. The number of rotatable bonds is 1. The number of morpholine rings is 1. The summed E-state index contributed by atoms with van der Waals surface area (Å²) in [4.78, 5) is 2.51. The van der Waals surface area contributed by atoms with Gasteiger partial charge in [0.25, 0.3) is 0 Å². The molecule has 0 aromatic carbocycles. The van der Waals surface area contributed by atoms with E-state index in [9.17, 15) is 0 Å². The summed E-state index contributed by atoms with van der Waals surface area (Å²) in [6, 6.07) is 1.27. The second kappa shape index (κ2) is 3.95. The van der Waals surface area contributed by atoms with Crippen molar-refractivity contribution in [2.75, 3.05) is 26.2 Å². The van der Waals surface area contributed by atoms with Crippen molar-refractivity contribution in [2.24, 2.45) is 0 Å². The number of ether oxygens (including phenoxy) is 1. The smallest absolute Gasteiger partial charge is 0.0855 e. The molecule has 2 aliphatic heterocycles. The highest BCUT2D eigenvalue weighted by molar-refractivity contribution is 4.89. The van der Waals surface area contributed by atoms with Gasteiger partial charge in [0.15, 0.2) is 0 Å². The Morgan fingerprint density at radius 2 is 2.31 bits per heavy atom. The summed E-state index contributed by atoms with van der Waals surface area (Å²) in [5, 5.41) is 3.53. The lowest BCUT2D eigenvalue weighted by Gasteiger charge is -2.43. The highest BCUT2D eigenvalue weighted by Gasteiger charge is 2.32. The Hall–Kier alpha value is -0.120. The van der Waals surface area contributed by atoms with Gasteiger partial charge in [0, 0.05) is 31.7 Å². The van der Waals surface area contributed by atoms with Crippen molar-refractivity contribution in [3.8, 4) is 0 Å². The molecule has 2 saturated heterocycles. The van der Waals surface area contributed by atoms with Crippen LogP contribution in [0.15, 0.2) is 0 Å². The number of hydrogen-bond acceptors (Lipinski definition) is 3. The van der Waals surface area contributed by atoms with Crippen molar-refractivity contribution >= 4 is 0 Å². The summed E-state index contributed by atoms with van der Waals surface area (Å²) < 4.78 is 5.76. The average Bonchev–Trinajstić information content (AvgIpc) is 2.17. The molecule has 0 aliphatic carbocycles. The normalized spacial score (nSPS) is 36.2. The minimum Gasteiger partial charge on any atom is -0.374 e. The molecule has 2 fully saturated rings. The quantitative estimate of drug-likeness (QED) is 0.640. The third-order valence-corrected chi connectivity index (χ3v) is 3.16. The molecular weight excluding hydrogens is 164 g/mol. The average molecular weight is 184 g/mol. The summed E-state index contributed by atoms with van der Waals surface area (Å²) in [5.74, 6) is 0. The van der Waals surface area contributed by atoms with Crippen LogP contribution < -0.4 is 5.32 Å². The van der Waals surface area contributed by atoms with E-state index in [1.165, 1.54) is 13.0 Å². The van der Waals surface area contributed by atoms with Crippen LogP contribution in [0, 0.1) is 0 Å². The SMILES string of the molecule is CC(C)N1CC[C@H]2NCCOC2C1. The lowest BCUT2D eigenvalue weighted by molar-refractivity contribution is -0.0533. The van der Waals surface area contributed by atoms with E-state index in [1.807, 2.05) is 0 Å². The van der Waals surface area contributed by atoms with E-state index >= 15 is 0 Å². The van der Waals surface area contributed by atoms with E-state index in [-0.39, 0.29) is 0 Å². The largest absolute Gasteiger partial charge is 0.374 e. The zero-order valence-electron chi connectivity index (χ0n) is 8.62. The van der Waals surface area contributed by atoms with Crippen LogP contribution in [0.25, 0.3) is 0 Å². The Kier molecular flexibility index (Phi) is 2.86. The molecule has 0 spiro atoms. The van der Waals surface area contributed by atoms with Gasteiger partial charge in [-0.2, -0.15) is 0 Å². The molecule has 2 heterocycles. The molecular formula is C10H20N2O. The van der Waals surface area contributed by atoms with Gasteiger partial charge in [-0.05, 0) is 20.3 Å². The van der Waals surface area contributed by atoms with E-state index in [0.717, 1.165) is 19.7 Å². The van der Waals surface area contributed by atoms with Crippen molar-refractivity contribution < 1.29 is 4.74 Å². The summed E-state index contributed by atoms with van der Waals surface area (Å²) in [6.07, 6.45) is 1.67. The van der Waals surface area contributed by atoms with Crippen LogP contribution in [0.5, 0.6) is 0 Å².